The van der Waals surface area contributed by atoms with E-state index in [9.17, 15) is 14.9 Å². The molecule has 0 saturated heterocycles. The summed E-state index contributed by atoms with van der Waals surface area (Å²) >= 11 is 0. The fraction of sp³-hybridized carbons (Fsp3) is 0.222. The van der Waals surface area contributed by atoms with Crippen LogP contribution in [-0.4, -0.2) is 10.7 Å². The van der Waals surface area contributed by atoms with Gasteiger partial charge in [-0.1, -0.05) is 0 Å². The van der Waals surface area contributed by atoms with Gasteiger partial charge in [0.1, 0.15) is 5.69 Å². The quantitative estimate of drug-likeness (QED) is 0.336. The Bertz CT molecular complexity index is 413. The summed E-state index contributed by atoms with van der Waals surface area (Å²) in [6, 6.07) is 2.75. The lowest BCUT2D eigenvalue weighted by atomic mass is 10.1. The van der Waals surface area contributed by atoms with Crippen molar-refractivity contribution in [2.75, 3.05) is 5.73 Å². The van der Waals surface area contributed by atoms with Gasteiger partial charge in [0.05, 0.1) is 4.92 Å². The molecule has 1 aromatic carbocycles. The number of Topliss-reactive ketones (excluding diaryl/α,β-unsaturated/α-hetero) is 1. The minimum atomic E-state index is -0.589. The SMILES string of the molecule is CC(=O)c1cc(C)c(N)c([N+](=O)[O-])c1. The molecule has 0 unspecified atom stereocenters. The van der Waals surface area contributed by atoms with Gasteiger partial charge in [0, 0.05) is 11.6 Å². The number of hydrogen-bond donors (Lipinski definition) is 1. The van der Waals surface area contributed by atoms with Gasteiger partial charge in [-0.05, 0) is 25.5 Å². The summed E-state index contributed by atoms with van der Waals surface area (Å²) in [5.41, 5.74) is 6.25. The zero-order valence-corrected chi connectivity index (χ0v) is 7.90. The van der Waals surface area contributed by atoms with E-state index in [1.807, 2.05) is 0 Å². The summed E-state index contributed by atoms with van der Waals surface area (Å²) in [4.78, 5) is 21.0. The third kappa shape index (κ3) is 1.71. The molecule has 74 valence electrons. The van der Waals surface area contributed by atoms with Crippen molar-refractivity contribution in [3.63, 3.8) is 0 Å². The van der Waals surface area contributed by atoms with Gasteiger partial charge >= 0.3 is 0 Å². The number of nitrogen functional groups attached to an aromatic ring is 1. The molecule has 0 aromatic heterocycles. The van der Waals surface area contributed by atoms with Crippen LogP contribution in [0, 0.1) is 17.0 Å². The maximum absolute atomic E-state index is 11.0. The second kappa shape index (κ2) is 3.45. The van der Waals surface area contributed by atoms with Gasteiger partial charge < -0.3 is 5.73 Å². The highest BCUT2D eigenvalue weighted by molar-refractivity contribution is 5.96. The smallest absolute Gasteiger partial charge is 0.293 e. The minimum absolute atomic E-state index is 0.111. The summed E-state index contributed by atoms with van der Waals surface area (Å²) in [6.07, 6.45) is 0. The number of nitro groups is 1. The Balaban J connectivity index is 3.43. The Hall–Kier alpha value is -1.91. The maximum Gasteiger partial charge on any atom is 0.293 e. The number of carbonyl (C=O) groups is 1. The number of carbonyl (C=O) groups excluding carboxylic acids is 1. The molecule has 1 rings (SSSR count). The molecule has 0 amide bonds. The first kappa shape index (κ1) is 10.2. The van der Waals surface area contributed by atoms with E-state index in [-0.39, 0.29) is 17.2 Å². The number of anilines is 1. The lowest BCUT2D eigenvalue weighted by Gasteiger charge is -2.03. The topological polar surface area (TPSA) is 86.2 Å². The number of hydrogen-bond acceptors (Lipinski definition) is 4. The van der Waals surface area contributed by atoms with E-state index in [4.69, 9.17) is 5.73 Å². The molecule has 0 heterocycles. The molecule has 14 heavy (non-hydrogen) atoms. The summed E-state index contributed by atoms with van der Waals surface area (Å²) in [6.45, 7) is 2.99. The van der Waals surface area contributed by atoms with E-state index in [1.165, 1.54) is 13.0 Å². The number of ketones is 1. The van der Waals surface area contributed by atoms with Gasteiger partial charge in [0.15, 0.2) is 5.78 Å². The van der Waals surface area contributed by atoms with Crippen LogP contribution in [0.5, 0.6) is 0 Å². The van der Waals surface area contributed by atoms with E-state index in [0.717, 1.165) is 0 Å². The third-order valence-electron chi connectivity index (χ3n) is 1.97. The van der Waals surface area contributed by atoms with Crippen molar-refractivity contribution >= 4 is 17.2 Å². The zero-order chi connectivity index (χ0) is 10.9. The highest BCUT2D eigenvalue weighted by Crippen LogP contribution is 2.26. The number of rotatable bonds is 2. The fourth-order valence-electron chi connectivity index (χ4n) is 1.13. The first-order valence-electron chi connectivity index (χ1n) is 3.99. The van der Waals surface area contributed by atoms with Gasteiger partial charge in [0.25, 0.3) is 5.69 Å². The van der Waals surface area contributed by atoms with Crippen molar-refractivity contribution in [2.24, 2.45) is 0 Å². The molecule has 5 heteroatoms. The largest absolute Gasteiger partial charge is 0.393 e. The number of nitrogens with two attached hydrogens (primary N) is 1. The molecular weight excluding hydrogens is 184 g/mol. The van der Waals surface area contributed by atoms with Gasteiger partial charge in [-0.2, -0.15) is 0 Å². The molecular formula is C9H10N2O3. The summed E-state index contributed by atoms with van der Waals surface area (Å²) in [7, 11) is 0. The van der Waals surface area contributed by atoms with Crippen molar-refractivity contribution in [3.8, 4) is 0 Å². The standard InChI is InChI=1S/C9H10N2O3/c1-5-3-7(6(2)12)4-8(9(5)10)11(13)14/h3-4H,10H2,1-2H3. The molecule has 5 nitrogen and oxygen atoms in total. The van der Waals surface area contributed by atoms with Gasteiger partial charge in [-0.3, -0.25) is 14.9 Å². The molecule has 0 radical (unpaired) electrons. The Morgan fingerprint density at radius 2 is 2.07 bits per heavy atom. The van der Waals surface area contributed by atoms with E-state index < -0.39 is 4.92 Å². The number of nitro benzene ring substituents is 1. The van der Waals surface area contributed by atoms with Gasteiger partial charge in [-0.15, -0.1) is 0 Å². The van der Waals surface area contributed by atoms with Crippen LogP contribution >= 0.6 is 0 Å². The molecule has 0 aliphatic heterocycles. The van der Waals surface area contributed by atoms with Crippen LogP contribution in [0.15, 0.2) is 12.1 Å². The normalized spacial score (nSPS) is 9.86. The monoisotopic (exact) mass is 194 g/mol. The summed E-state index contributed by atoms with van der Waals surface area (Å²) in [5.74, 6) is -0.212. The maximum atomic E-state index is 11.0. The number of nitrogens with zero attached hydrogens (tertiary/aromatic N) is 1. The molecule has 0 bridgehead atoms. The van der Waals surface area contributed by atoms with Crippen molar-refractivity contribution in [1.29, 1.82) is 0 Å². The Morgan fingerprint density at radius 3 is 2.50 bits per heavy atom. The van der Waals surface area contributed by atoms with Crippen LogP contribution in [-0.2, 0) is 0 Å². The highest BCUT2D eigenvalue weighted by Gasteiger charge is 2.16. The Morgan fingerprint density at radius 1 is 1.50 bits per heavy atom. The van der Waals surface area contributed by atoms with E-state index >= 15 is 0 Å². The molecule has 1 aromatic rings. The predicted octanol–water partition coefficient (Wildman–Crippen LogP) is 1.69. The zero-order valence-electron chi connectivity index (χ0n) is 7.90. The first-order chi connectivity index (χ1) is 6.43. The van der Waals surface area contributed by atoms with Crippen molar-refractivity contribution < 1.29 is 9.72 Å². The molecule has 0 spiro atoms. The molecule has 0 aliphatic carbocycles. The summed E-state index contributed by atoms with van der Waals surface area (Å²) in [5, 5.41) is 10.6. The predicted molar refractivity (Wildman–Crippen MR) is 52.3 cm³/mol. The third-order valence-corrected chi connectivity index (χ3v) is 1.97. The second-order valence-corrected chi connectivity index (χ2v) is 3.04. The van der Waals surface area contributed by atoms with Crippen LogP contribution in [0.3, 0.4) is 0 Å². The van der Waals surface area contributed by atoms with Crippen LogP contribution in [0.4, 0.5) is 11.4 Å². The van der Waals surface area contributed by atoms with Crippen LogP contribution < -0.4 is 5.73 Å². The molecule has 0 atom stereocenters. The van der Waals surface area contributed by atoms with Crippen LogP contribution in [0.2, 0.25) is 0 Å². The second-order valence-electron chi connectivity index (χ2n) is 3.04. The van der Waals surface area contributed by atoms with E-state index in [0.29, 0.717) is 11.1 Å². The number of benzene rings is 1. The molecule has 0 saturated carbocycles. The average Bonchev–Trinajstić information content (AvgIpc) is 2.08. The lowest BCUT2D eigenvalue weighted by Crippen LogP contribution is -2.02. The van der Waals surface area contributed by atoms with E-state index in [1.54, 1.807) is 13.0 Å². The van der Waals surface area contributed by atoms with Crippen molar-refractivity contribution in [2.45, 2.75) is 13.8 Å². The summed E-state index contributed by atoms with van der Waals surface area (Å²) < 4.78 is 0. The Kier molecular flexibility index (Phi) is 2.51. The Labute approximate surface area is 80.7 Å². The van der Waals surface area contributed by atoms with Gasteiger partial charge in [0.2, 0.25) is 0 Å². The van der Waals surface area contributed by atoms with Crippen LogP contribution in [0.25, 0.3) is 0 Å². The first-order valence-corrected chi connectivity index (χ1v) is 3.99. The molecule has 2 N–H and O–H groups in total. The highest BCUT2D eigenvalue weighted by atomic mass is 16.6. The molecule has 0 fully saturated rings. The minimum Gasteiger partial charge on any atom is -0.393 e. The average molecular weight is 194 g/mol. The van der Waals surface area contributed by atoms with Crippen molar-refractivity contribution in [3.05, 3.63) is 33.4 Å². The lowest BCUT2D eigenvalue weighted by molar-refractivity contribution is -0.383. The molecule has 0 aliphatic rings. The van der Waals surface area contributed by atoms with E-state index in [2.05, 4.69) is 0 Å². The van der Waals surface area contributed by atoms with Gasteiger partial charge in [-0.25, -0.2) is 0 Å². The fourth-order valence-corrected chi connectivity index (χ4v) is 1.13. The van der Waals surface area contributed by atoms with Crippen LogP contribution in [0.1, 0.15) is 22.8 Å². The number of aryl methyl sites for hydroxylation is 1. The van der Waals surface area contributed by atoms with Crippen molar-refractivity contribution in [1.82, 2.24) is 0 Å².